The van der Waals surface area contributed by atoms with E-state index in [9.17, 15) is 18.4 Å². The average molecular weight is 511 g/mol. The van der Waals surface area contributed by atoms with Crippen LogP contribution in [0.15, 0.2) is 48.5 Å². The molecule has 0 aliphatic carbocycles. The first-order valence-electron chi connectivity index (χ1n) is 9.87. The molecule has 2 rings (SSSR count). The number of carbonyl (C=O) groups excluding carboxylic acids is 2. The second-order valence-electron chi connectivity index (χ2n) is 6.91. The third-order valence-corrected chi connectivity index (χ3v) is 14.1. The Hall–Kier alpha value is -1.96. The normalized spacial score (nSPS) is 11.2. The summed E-state index contributed by atoms with van der Waals surface area (Å²) < 4.78 is 39.3. The standard InChI is InChI=1S/2C7H5FO2.2C4H9.Sn/c2*8-6-3-1-5(2-4-6)7(9)10;2*1-3-4-2;/h2*1-4H,(H,9,10);2*1,3-4H2,2H3;/q;;;;+2/p-2. The van der Waals surface area contributed by atoms with Gasteiger partial charge in [-0.2, -0.15) is 0 Å². The minimum absolute atomic E-state index is 0.221. The Balaban J connectivity index is 2.28. The fourth-order valence-electron chi connectivity index (χ4n) is 2.87. The maximum atomic E-state index is 13.2. The molecule has 0 aliphatic heterocycles. The van der Waals surface area contributed by atoms with Gasteiger partial charge in [0.1, 0.15) is 0 Å². The van der Waals surface area contributed by atoms with Crippen LogP contribution in [0.4, 0.5) is 8.78 Å². The van der Waals surface area contributed by atoms with Gasteiger partial charge in [-0.3, -0.25) is 0 Å². The van der Waals surface area contributed by atoms with E-state index in [0.717, 1.165) is 25.7 Å². The van der Waals surface area contributed by atoms with Crippen molar-refractivity contribution in [2.45, 2.75) is 48.4 Å². The summed E-state index contributed by atoms with van der Waals surface area (Å²) in [4.78, 5) is 25.5. The molecular formula is C22H26F2O4Sn. The Morgan fingerprint density at radius 1 is 0.724 bits per heavy atom. The molecule has 0 saturated carbocycles. The molecule has 0 N–H and O–H groups in total. The molecule has 0 bridgehead atoms. The molecule has 7 heteroatoms. The van der Waals surface area contributed by atoms with Crippen LogP contribution in [-0.4, -0.2) is 31.1 Å². The molecule has 0 fully saturated rings. The molecule has 0 radical (unpaired) electrons. The van der Waals surface area contributed by atoms with Crippen molar-refractivity contribution in [1.29, 1.82) is 0 Å². The monoisotopic (exact) mass is 512 g/mol. The first-order chi connectivity index (χ1) is 13.9. The molecule has 0 aliphatic rings. The number of benzene rings is 2. The topological polar surface area (TPSA) is 52.6 Å². The fraction of sp³-hybridized carbons (Fsp3) is 0.364. The quantitative estimate of drug-likeness (QED) is 0.367. The van der Waals surface area contributed by atoms with Crippen molar-refractivity contribution in [2.24, 2.45) is 0 Å². The molecule has 0 aromatic heterocycles. The Kier molecular flexibility index (Phi) is 9.07. The predicted octanol–water partition coefficient (Wildman–Crippen LogP) is 6.02. The summed E-state index contributed by atoms with van der Waals surface area (Å²) in [5.74, 6) is -2.09. The Morgan fingerprint density at radius 2 is 1.07 bits per heavy atom. The second-order valence-corrected chi connectivity index (χ2v) is 16.1. The maximum absolute atomic E-state index is 13.2. The zero-order valence-corrected chi connectivity index (χ0v) is 19.6. The van der Waals surface area contributed by atoms with Crippen molar-refractivity contribution in [3.05, 3.63) is 71.3 Å². The van der Waals surface area contributed by atoms with Gasteiger partial charge in [-0.15, -0.1) is 0 Å². The van der Waals surface area contributed by atoms with Crippen LogP contribution in [0.2, 0.25) is 8.87 Å². The summed E-state index contributed by atoms with van der Waals surface area (Å²) in [6.45, 7) is 4.03. The van der Waals surface area contributed by atoms with Crippen molar-refractivity contribution in [2.75, 3.05) is 0 Å². The molecule has 2 aromatic carbocycles. The SMILES string of the molecule is CCC[CH2][Sn]([CH2]CCC)([O]C(=O)c1ccc(F)cc1)[O]C(=O)c1ccc(F)cc1. The van der Waals surface area contributed by atoms with E-state index in [4.69, 9.17) is 6.15 Å². The van der Waals surface area contributed by atoms with Gasteiger partial charge < -0.3 is 0 Å². The van der Waals surface area contributed by atoms with E-state index < -0.39 is 42.8 Å². The van der Waals surface area contributed by atoms with Gasteiger partial charge in [-0.05, 0) is 0 Å². The number of hydrogen-bond donors (Lipinski definition) is 0. The van der Waals surface area contributed by atoms with E-state index in [0.29, 0.717) is 8.87 Å². The Bertz CT molecular complexity index is 737. The van der Waals surface area contributed by atoms with Gasteiger partial charge in [-0.25, -0.2) is 0 Å². The summed E-state index contributed by atoms with van der Waals surface area (Å²) in [7, 11) is 0. The summed E-state index contributed by atoms with van der Waals surface area (Å²) in [5.41, 5.74) is 0.441. The van der Waals surface area contributed by atoms with Crippen LogP contribution >= 0.6 is 0 Å². The van der Waals surface area contributed by atoms with Crippen molar-refractivity contribution in [1.82, 2.24) is 0 Å². The van der Waals surface area contributed by atoms with Crippen molar-refractivity contribution in [3.8, 4) is 0 Å². The third kappa shape index (κ3) is 7.10. The number of rotatable bonds is 10. The molecular weight excluding hydrogens is 485 g/mol. The summed E-state index contributed by atoms with van der Waals surface area (Å²) in [5, 5.41) is 0. The van der Waals surface area contributed by atoms with Gasteiger partial charge in [0.15, 0.2) is 0 Å². The van der Waals surface area contributed by atoms with Crippen LogP contribution in [0.3, 0.4) is 0 Å². The van der Waals surface area contributed by atoms with Crippen molar-refractivity contribution < 1.29 is 24.5 Å². The predicted molar refractivity (Wildman–Crippen MR) is 109 cm³/mol. The van der Waals surface area contributed by atoms with Gasteiger partial charge >= 0.3 is 175 Å². The van der Waals surface area contributed by atoms with Crippen LogP contribution in [0.1, 0.15) is 60.2 Å². The van der Waals surface area contributed by atoms with E-state index >= 15 is 0 Å². The van der Waals surface area contributed by atoms with Crippen LogP contribution in [0, 0.1) is 11.6 Å². The van der Waals surface area contributed by atoms with Crippen LogP contribution < -0.4 is 0 Å². The number of hydrogen-bond acceptors (Lipinski definition) is 4. The minimum atomic E-state index is -4.17. The first kappa shape index (κ1) is 23.3. The third-order valence-electron chi connectivity index (χ3n) is 4.54. The molecule has 0 spiro atoms. The van der Waals surface area contributed by atoms with Gasteiger partial charge in [0, 0.05) is 0 Å². The summed E-state index contributed by atoms with van der Waals surface area (Å²) in [6.07, 6.45) is 3.28. The molecule has 0 heterocycles. The summed E-state index contributed by atoms with van der Waals surface area (Å²) in [6, 6.07) is 10.2. The molecule has 156 valence electrons. The van der Waals surface area contributed by atoms with E-state index in [2.05, 4.69) is 0 Å². The first-order valence-corrected chi connectivity index (χ1v) is 16.2. The molecule has 0 unspecified atom stereocenters. The molecule has 0 atom stereocenters. The molecule has 29 heavy (non-hydrogen) atoms. The van der Waals surface area contributed by atoms with Gasteiger partial charge in [0.25, 0.3) is 0 Å². The van der Waals surface area contributed by atoms with Crippen LogP contribution in [0.25, 0.3) is 0 Å². The number of halogens is 2. The van der Waals surface area contributed by atoms with E-state index in [1.54, 1.807) is 0 Å². The van der Waals surface area contributed by atoms with Gasteiger partial charge in [0.05, 0.1) is 0 Å². The van der Waals surface area contributed by atoms with E-state index in [1.807, 2.05) is 13.8 Å². The molecule has 0 saturated heterocycles. The Labute approximate surface area is 175 Å². The fourth-order valence-corrected chi connectivity index (χ4v) is 12.6. The van der Waals surface area contributed by atoms with Crippen LogP contribution in [-0.2, 0) is 6.15 Å². The van der Waals surface area contributed by atoms with Crippen LogP contribution in [0.5, 0.6) is 0 Å². The van der Waals surface area contributed by atoms with Crippen molar-refractivity contribution >= 4 is 31.1 Å². The second kappa shape index (κ2) is 11.3. The zero-order valence-electron chi connectivity index (χ0n) is 16.8. The molecule has 0 amide bonds. The molecule has 4 nitrogen and oxygen atoms in total. The van der Waals surface area contributed by atoms with Gasteiger partial charge in [0.2, 0.25) is 0 Å². The Morgan fingerprint density at radius 3 is 1.38 bits per heavy atom. The zero-order chi connectivity index (χ0) is 21.3. The number of carbonyl (C=O) groups is 2. The number of unbranched alkanes of at least 4 members (excludes halogenated alkanes) is 2. The summed E-state index contributed by atoms with van der Waals surface area (Å²) >= 11 is -4.17. The van der Waals surface area contributed by atoms with E-state index in [-0.39, 0.29) is 11.1 Å². The van der Waals surface area contributed by atoms with E-state index in [1.165, 1.54) is 48.5 Å². The van der Waals surface area contributed by atoms with Gasteiger partial charge in [-0.1, -0.05) is 0 Å². The van der Waals surface area contributed by atoms with Crippen molar-refractivity contribution in [3.63, 3.8) is 0 Å². The molecule has 2 aromatic rings. The average Bonchev–Trinajstić information content (AvgIpc) is 2.71.